The van der Waals surface area contributed by atoms with Gasteiger partial charge >= 0.3 is 0 Å². The maximum absolute atomic E-state index is 11.6. The van der Waals surface area contributed by atoms with Crippen LogP contribution in [0.15, 0.2) is 54.6 Å². The SMILES string of the molecule is COc1ccc(Nc2cc(-c3ccccc3)nc(NC3CCCCC3)n2)c([N+](=O)[O-])c1. The number of nitrogens with one attached hydrogen (secondary N) is 2. The summed E-state index contributed by atoms with van der Waals surface area (Å²) < 4.78 is 5.12. The summed E-state index contributed by atoms with van der Waals surface area (Å²) in [5.41, 5.74) is 1.95. The molecule has 8 nitrogen and oxygen atoms in total. The van der Waals surface area contributed by atoms with Crippen LogP contribution in [0.25, 0.3) is 11.3 Å². The molecule has 0 atom stereocenters. The molecule has 0 unspecified atom stereocenters. The number of nitro groups is 1. The van der Waals surface area contributed by atoms with Crippen molar-refractivity contribution in [2.75, 3.05) is 17.7 Å². The van der Waals surface area contributed by atoms with Crippen molar-refractivity contribution in [3.63, 3.8) is 0 Å². The molecule has 1 fully saturated rings. The average Bonchev–Trinajstić information content (AvgIpc) is 2.80. The summed E-state index contributed by atoms with van der Waals surface area (Å²) in [6.45, 7) is 0. The largest absolute Gasteiger partial charge is 0.496 e. The van der Waals surface area contributed by atoms with Gasteiger partial charge in [-0.15, -0.1) is 0 Å². The molecule has 2 aromatic carbocycles. The number of hydrogen-bond donors (Lipinski definition) is 2. The smallest absolute Gasteiger partial charge is 0.296 e. The molecule has 1 heterocycles. The standard InChI is InChI=1S/C23H25N5O3/c1-31-18-12-13-19(21(14-18)28(29)30)25-22-15-20(16-8-4-2-5-9-16)26-23(27-22)24-17-10-6-3-7-11-17/h2,4-5,8-9,12-15,17H,3,6-7,10-11H2,1H3,(H2,24,25,26,27). The second-order valence-corrected chi connectivity index (χ2v) is 7.57. The predicted octanol–water partition coefficient (Wildman–Crippen LogP) is 5.55. The first kappa shape index (κ1) is 20.6. The van der Waals surface area contributed by atoms with Gasteiger partial charge in [0.15, 0.2) is 0 Å². The Morgan fingerprint density at radius 3 is 2.52 bits per heavy atom. The molecule has 2 N–H and O–H groups in total. The maximum atomic E-state index is 11.6. The number of methoxy groups -OCH3 is 1. The van der Waals surface area contributed by atoms with Crippen LogP contribution in [0, 0.1) is 10.1 Å². The number of hydrogen-bond acceptors (Lipinski definition) is 7. The second-order valence-electron chi connectivity index (χ2n) is 7.57. The van der Waals surface area contributed by atoms with Crippen molar-refractivity contribution >= 4 is 23.1 Å². The molecule has 0 spiro atoms. The summed E-state index contributed by atoms with van der Waals surface area (Å²) in [6, 6.07) is 16.6. The molecule has 160 valence electrons. The Bertz CT molecular complexity index is 1050. The first-order valence-corrected chi connectivity index (χ1v) is 10.4. The van der Waals surface area contributed by atoms with E-state index >= 15 is 0 Å². The van der Waals surface area contributed by atoms with Crippen LogP contribution in [0.5, 0.6) is 5.75 Å². The number of anilines is 3. The number of rotatable bonds is 7. The maximum Gasteiger partial charge on any atom is 0.296 e. The van der Waals surface area contributed by atoms with Crippen molar-refractivity contribution < 1.29 is 9.66 Å². The van der Waals surface area contributed by atoms with Crippen LogP contribution in [0.4, 0.5) is 23.1 Å². The molecular formula is C23H25N5O3. The lowest BCUT2D eigenvalue weighted by Crippen LogP contribution is -2.23. The van der Waals surface area contributed by atoms with E-state index in [0.29, 0.717) is 29.2 Å². The highest BCUT2D eigenvalue weighted by Crippen LogP contribution is 2.32. The van der Waals surface area contributed by atoms with E-state index in [0.717, 1.165) is 24.1 Å². The number of nitrogens with zero attached hydrogens (tertiary/aromatic N) is 3. The molecule has 0 saturated heterocycles. The summed E-state index contributed by atoms with van der Waals surface area (Å²) in [5.74, 6) is 1.43. The Kier molecular flexibility index (Phi) is 6.26. The average molecular weight is 419 g/mol. The van der Waals surface area contributed by atoms with Crippen LogP contribution in [-0.4, -0.2) is 28.0 Å². The van der Waals surface area contributed by atoms with E-state index in [1.54, 1.807) is 18.2 Å². The fraction of sp³-hybridized carbons (Fsp3) is 0.304. The molecule has 4 rings (SSSR count). The quantitative estimate of drug-likeness (QED) is 0.382. The van der Waals surface area contributed by atoms with E-state index in [1.807, 2.05) is 30.3 Å². The van der Waals surface area contributed by atoms with Crippen LogP contribution in [0.2, 0.25) is 0 Å². The zero-order valence-corrected chi connectivity index (χ0v) is 17.4. The second kappa shape index (κ2) is 9.42. The van der Waals surface area contributed by atoms with E-state index in [9.17, 15) is 10.1 Å². The Hall–Kier alpha value is -3.68. The van der Waals surface area contributed by atoms with Crippen molar-refractivity contribution in [1.82, 2.24) is 9.97 Å². The minimum atomic E-state index is -0.439. The van der Waals surface area contributed by atoms with Crippen molar-refractivity contribution in [1.29, 1.82) is 0 Å². The molecule has 0 amide bonds. The summed E-state index contributed by atoms with van der Waals surface area (Å²) in [6.07, 6.45) is 5.83. The molecule has 0 radical (unpaired) electrons. The van der Waals surface area contributed by atoms with Crippen molar-refractivity contribution in [3.05, 3.63) is 64.7 Å². The highest BCUT2D eigenvalue weighted by Gasteiger charge is 2.18. The van der Waals surface area contributed by atoms with E-state index in [1.165, 1.54) is 32.4 Å². The Morgan fingerprint density at radius 2 is 1.81 bits per heavy atom. The molecule has 8 heteroatoms. The summed E-state index contributed by atoms with van der Waals surface area (Å²) in [7, 11) is 1.48. The number of aromatic nitrogens is 2. The molecule has 3 aromatic rings. The minimum Gasteiger partial charge on any atom is -0.496 e. The van der Waals surface area contributed by atoms with E-state index in [2.05, 4.69) is 15.6 Å². The fourth-order valence-electron chi connectivity index (χ4n) is 3.80. The summed E-state index contributed by atoms with van der Waals surface area (Å²) >= 11 is 0. The first-order chi connectivity index (χ1) is 15.1. The highest BCUT2D eigenvalue weighted by molar-refractivity contribution is 5.72. The number of nitro benzene ring substituents is 1. The lowest BCUT2D eigenvalue weighted by atomic mass is 9.96. The van der Waals surface area contributed by atoms with E-state index in [-0.39, 0.29) is 5.69 Å². The fourth-order valence-corrected chi connectivity index (χ4v) is 3.80. The van der Waals surface area contributed by atoms with Crippen LogP contribution in [0.3, 0.4) is 0 Å². The van der Waals surface area contributed by atoms with Gasteiger partial charge in [0.25, 0.3) is 5.69 Å². The van der Waals surface area contributed by atoms with Crippen molar-refractivity contribution in [2.45, 2.75) is 38.1 Å². The molecule has 1 aliphatic carbocycles. The zero-order valence-electron chi connectivity index (χ0n) is 17.4. The lowest BCUT2D eigenvalue weighted by molar-refractivity contribution is -0.384. The van der Waals surface area contributed by atoms with Gasteiger partial charge in [-0.3, -0.25) is 10.1 Å². The Balaban J connectivity index is 1.69. The molecule has 1 saturated carbocycles. The van der Waals surface area contributed by atoms with Gasteiger partial charge in [0.05, 0.1) is 23.8 Å². The lowest BCUT2D eigenvalue weighted by Gasteiger charge is -2.23. The monoisotopic (exact) mass is 419 g/mol. The number of benzene rings is 2. The third-order valence-corrected chi connectivity index (χ3v) is 5.40. The summed E-state index contributed by atoms with van der Waals surface area (Å²) in [4.78, 5) is 20.4. The minimum absolute atomic E-state index is 0.0824. The number of ether oxygens (including phenoxy) is 1. The van der Waals surface area contributed by atoms with Crippen molar-refractivity contribution in [3.8, 4) is 17.0 Å². The van der Waals surface area contributed by atoms with Crippen LogP contribution in [0.1, 0.15) is 32.1 Å². The highest BCUT2D eigenvalue weighted by atomic mass is 16.6. The van der Waals surface area contributed by atoms with Gasteiger partial charge in [-0.2, -0.15) is 4.98 Å². The van der Waals surface area contributed by atoms with Gasteiger partial charge in [0.1, 0.15) is 17.3 Å². The molecule has 0 bridgehead atoms. The molecular weight excluding hydrogens is 394 g/mol. The van der Waals surface area contributed by atoms with Crippen molar-refractivity contribution in [2.24, 2.45) is 0 Å². The molecule has 1 aliphatic rings. The van der Waals surface area contributed by atoms with Crippen LogP contribution in [-0.2, 0) is 0 Å². The Morgan fingerprint density at radius 1 is 1.03 bits per heavy atom. The van der Waals surface area contributed by atoms with Gasteiger partial charge in [-0.25, -0.2) is 4.98 Å². The first-order valence-electron chi connectivity index (χ1n) is 10.4. The predicted molar refractivity (Wildman–Crippen MR) is 121 cm³/mol. The van der Waals surface area contributed by atoms with Gasteiger partial charge in [0.2, 0.25) is 5.95 Å². The van der Waals surface area contributed by atoms with Crippen LogP contribution < -0.4 is 15.4 Å². The third-order valence-electron chi connectivity index (χ3n) is 5.40. The molecule has 0 aliphatic heterocycles. The normalized spacial score (nSPS) is 14.1. The summed E-state index contributed by atoms with van der Waals surface area (Å²) in [5, 5.41) is 18.1. The van der Waals surface area contributed by atoms with Gasteiger partial charge in [0, 0.05) is 17.7 Å². The third kappa shape index (κ3) is 5.09. The molecule has 1 aromatic heterocycles. The van der Waals surface area contributed by atoms with Crippen LogP contribution >= 0.6 is 0 Å². The zero-order chi connectivity index (χ0) is 21.6. The van der Waals surface area contributed by atoms with Gasteiger partial charge < -0.3 is 15.4 Å². The topological polar surface area (TPSA) is 102 Å². The molecule has 31 heavy (non-hydrogen) atoms. The van der Waals surface area contributed by atoms with E-state index < -0.39 is 4.92 Å². The Labute approximate surface area is 180 Å². The van der Waals surface area contributed by atoms with Gasteiger partial charge in [-0.05, 0) is 25.0 Å². The van der Waals surface area contributed by atoms with E-state index in [4.69, 9.17) is 9.72 Å². The van der Waals surface area contributed by atoms with Gasteiger partial charge in [-0.1, -0.05) is 49.6 Å².